The van der Waals surface area contributed by atoms with E-state index < -0.39 is 12.0 Å². The Kier molecular flexibility index (Phi) is 13.4. The van der Waals surface area contributed by atoms with Crippen LogP contribution < -0.4 is 10.6 Å². The van der Waals surface area contributed by atoms with Gasteiger partial charge in [0.25, 0.3) is 5.91 Å². The van der Waals surface area contributed by atoms with E-state index in [1.807, 2.05) is 24.5 Å². The van der Waals surface area contributed by atoms with Crippen LogP contribution in [0.2, 0.25) is 0 Å². The summed E-state index contributed by atoms with van der Waals surface area (Å²) >= 11 is 1.64. The summed E-state index contributed by atoms with van der Waals surface area (Å²) in [6.07, 6.45) is 14.0. The van der Waals surface area contributed by atoms with E-state index in [9.17, 15) is 9.59 Å². The first kappa shape index (κ1) is 31.2. The molecule has 2 unspecified atom stereocenters. The van der Waals surface area contributed by atoms with Crippen LogP contribution in [0.1, 0.15) is 98.7 Å². The Morgan fingerprint density at radius 2 is 1.82 bits per heavy atom. The fourth-order valence-corrected chi connectivity index (χ4v) is 6.14. The third-order valence-electron chi connectivity index (χ3n) is 8.04. The van der Waals surface area contributed by atoms with E-state index in [-0.39, 0.29) is 11.9 Å². The number of esters is 1. The fraction of sp³-hybridized carbons (Fsp3) is 0.576. The minimum atomic E-state index is -0.668. The molecule has 39 heavy (non-hydrogen) atoms. The van der Waals surface area contributed by atoms with Crippen molar-refractivity contribution in [3.05, 3.63) is 59.2 Å². The summed E-state index contributed by atoms with van der Waals surface area (Å²) < 4.78 is 4.98. The van der Waals surface area contributed by atoms with Gasteiger partial charge in [-0.25, -0.2) is 4.79 Å². The lowest BCUT2D eigenvalue weighted by molar-refractivity contribution is -0.142. The highest BCUT2D eigenvalue weighted by molar-refractivity contribution is 7.98. The molecule has 0 bridgehead atoms. The molecule has 2 atom stereocenters. The van der Waals surface area contributed by atoms with Crippen molar-refractivity contribution in [3.8, 4) is 11.1 Å². The predicted octanol–water partition coefficient (Wildman–Crippen LogP) is 7.48. The Bertz CT molecular complexity index is 1050. The average molecular weight is 553 g/mol. The van der Waals surface area contributed by atoms with Gasteiger partial charge in [0.05, 0.1) is 7.11 Å². The lowest BCUT2D eigenvalue weighted by Gasteiger charge is -2.25. The zero-order chi connectivity index (χ0) is 28.0. The average Bonchev–Trinajstić information content (AvgIpc) is 2.97. The monoisotopic (exact) mass is 552 g/mol. The first-order valence-electron chi connectivity index (χ1n) is 14.8. The molecule has 214 valence electrons. The number of nitrogens with one attached hydrogen (secondary N) is 2. The number of methoxy groups -OCH3 is 1. The van der Waals surface area contributed by atoms with Crippen LogP contribution in [0.25, 0.3) is 11.1 Å². The Morgan fingerprint density at radius 1 is 1.05 bits per heavy atom. The van der Waals surface area contributed by atoms with Crippen LogP contribution in [0.15, 0.2) is 42.5 Å². The van der Waals surface area contributed by atoms with Crippen molar-refractivity contribution in [3.63, 3.8) is 0 Å². The molecule has 0 heterocycles. The molecule has 1 aliphatic rings. The molecular formula is C33H48N2O3S. The summed E-state index contributed by atoms with van der Waals surface area (Å²) in [6, 6.07) is 14.0. The molecule has 0 radical (unpaired) electrons. The van der Waals surface area contributed by atoms with Crippen molar-refractivity contribution in [2.45, 2.75) is 90.1 Å². The highest BCUT2D eigenvalue weighted by atomic mass is 32.2. The van der Waals surface area contributed by atoms with Crippen LogP contribution in [0, 0.1) is 12.8 Å². The van der Waals surface area contributed by atoms with Crippen LogP contribution in [0.4, 0.5) is 0 Å². The maximum atomic E-state index is 13.6. The standard InChI is InChI=1S/C33H48N2O3S/c1-5-6-16-30(34-21-19-25-13-8-7-9-14-25)26-17-18-28(29(23-26)27-15-11-10-12-24(27)2)32(36)35-31(20-22-39-4)33(37)38-3/h10-12,15,17-18,23,25,30-31,34H,5-9,13-14,16,19-22H2,1-4H3,(H,35,36). The second-order valence-corrected chi connectivity index (χ2v) is 11.9. The largest absolute Gasteiger partial charge is 0.467 e. The number of aryl methyl sites for hydroxylation is 1. The highest BCUT2D eigenvalue weighted by Crippen LogP contribution is 2.32. The number of rotatable bonds is 15. The second kappa shape index (κ2) is 16.7. The third kappa shape index (κ3) is 9.39. The van der Waals surface area contributed by atoms with Crippen LogP contribution >= 0.6 is 11.8 Å². The van der Waals surface area contributed by atoms with Crippen molar-refractivity contribution >= 4 is 23.6 Å². The van der Waals surface area contributed by atoms with E-state index in [1.54, 1.807) is 11.8 Å². The molecule has 1 aliphatic carbocycles. The maximum Gasteiger partial charge on any atom is 0.328 e. The zero-order valence-electron chi connectivity index (χ0n) is 24.4. The maximum absolute atomic E-state index is 13.6. The number of carbonyl (C=O) groups excluding carboxylic acids is 2. The number of thioether (sulfide) groups is 1. The molecule has 0 aliphatic heterocycles. The summed E-state index contributed by atoms with van der Waals surface area (Å²) in [7, 11) is 1.37. The number of hydrogen-bond acceptors (Lipinski definition) is 5. The van der Waals surface area contributed by atoms with Crippen LogP contribution in [0.3, 0.4) is 0 Å². The normalized spacial score (nSPS) is 15.5. The van der Waals surface area contributed by atoms with Gasteiger partial charge in [-0.3, -0.25) is 4.79 Å². The Labute approximate surface area is 240 Å². The molecule has 1 amide bonds. The molecule has 0 aromatic heterocycles. The third-order valence-corrected chi connectivity index (χ3v) is 8.69. The van der Waals surface area contributed by atoms with Gasteiger partial charge in [-0.15, -0.1) is 0 Å². The van der Waals surface area contributed by atoms with Crippen LogP contribution in [-0.4, -0.2) is 43.6 Å². The fourth-order valence-electron chi connectivity index (χ4n) is 5.67. The summed E-state index contributed by atoms with van der Waals surface area (Å²) in [5.74, 6) is 0.954. The smallest absolute Gasteiger partial charge is 0.328 e. The van der Waals surface area contributed by atoms with Crippen molar-refractivity contribution < 1.29 is 14.3 Å². The van der Waals surface area contributed by atoms with Crippen molar-refractivity contribution in [1.82, 2.24) is 10.6 Å². The molecule has 5 nitrogen and oxygen atoms in total. The molecule has 0 saturated heterocycles. The molecule has 2 aromatic carbocycles. The number of ether oxygens (including phenoxy) is 1. The molecule has 0 spiro atoms. The summed E-state index contributed by atoms with van der Waals surface area (Å²) in [6.45, 7) is 5.34. The van der Waals surface area contributed by atoms with Crippen molar-refractivity contribution in [1.29, 1.82) is 0 Å². The van der Waals surface area contributed by atoms with Gasteiger partial charge in [0.2, 0.25) is 0 Å². The Morgan fingerprint density at radius 3 is 2.51 bits per heavy atom. The summed E-state index contributed by atoms with van der Waals surface area (Å²) in [5.41, 5.74) is 4.87. The molecule has 2 aromatic rings. The quantitative estimate of drug-likeness (QED) is 0.224. The van der Waals surface area contributed by atoms with E-state index in [0.717, 1.165) is 54.2 Å². The predicted molar refractivity (Wildman–Crippen MR) is 164 cm³/mol. The topological polar surface area (TPSA) is 67.4 Å². The molecular weight excluding hydrogens is 504 g/mol. The highest BCUT2D eigenvalue weighted by Gasteiger charge is 2.25. The van der Waals surface area contributed by atoms with Crippen LogP contribution in [-0.2, 0) is 9.53 Å². The van der Waals surface area contributed by atoms with E-state index >= 15 is 0 Å². The van der Waals surface area contributed by atoms with Gasteiger partial charge in [0.1, 0.15) is 6.04 Å². The molecule has 6 heteroatoms. The Hall–Kier alpha value is -2.31. The zero-order valence-corrected chi connectivity index (χ0v) is 25.2. The van der Waals surface area contributed by atoms with Crippen molar-refractivity contribution in [2.75, 3.05) is 25.7 Å². The molecule has 1 fully saturated rings. The number of carbonyl (C=O) groups is 2. The summed E-state index contributed by atoms with van der Waals surface area (Å²) in [5, 5.41) is 6.83. The van der Waals surface area contributed by atoms with Gasteiger partial charge in [-0.2, -0.15) is 11.8 Å². The van der Waals surface area contributed by atoms with Crippen LogP contribution in [0.5, 0.6) is 0 Å². The van der Waals surface area contributed by atoms with Gasteiger partial charge in [-0.1, -0.05) is 82.2 Å². The first-order valence-corrected chi connectivity index (χ1v) is 16.2. The minimum absolute atomic E-state index is 0.244. The number of hydrogen-bond donors (Lipinski definition) is 2. The van der Waals surface area contributed by atoms with Gasteiger partial charge in [-0.05, 0) is 85.0 Å². The molecule has 1 saturated carbocycles. The minimum Gasteiger partial charge on any atom is -0.467 e. The number of amides is 1. The van der Waals surface area contributed by atoms with E-state index in [0.29, 0.717) is 12.0 Å². The lowest BCUT2D eigenvalue weighted by Crippen LogP contribution is -2.42. The van der Waals surface area contributed by atoms with Gasteiger partial charge >= 0.3 is 5.97 Å². The number of unbranched alkanes of at least 4 members (excludes halogenated alkanes) is 1. The van der Waals surface area contributed by atoms with E-state index in [1.165, 1.54) is 51.2 Å². The summed E-state index contributed by atoms with van der Waals surface area (Å²) in [4.78, 5) is 26.0. The van der Waals surface area contributed by atoms with Gasteiger partial charge in [0, 0.05) is 11.6 Å². The molecule has 2 N–H and O–H groups in total. The molecule has 3 rings (SSSR count). The van der Waals surface area contributed by atoms with Gasteiger partial charge < -0.3 is 15.4 Å². The van der Waals surface area contributed by atoms with E-state index in [4.69, 9.17) is 4.74 Å². The number of benzene rings is 2. The second-order valence-electron chi connectivity index (χ2n) is 10.9. The SMILES string of the molecule is CCCCC(NCCC1CCCCC1)c1ccc(C(=O)NC(CCSC)C(=O)OC)c(-c2ccccc2C)c1. The van der Waals surface area contributed by atoms with Gasteiger partial charge in [0.15, 0.2) is 0 Å². The Balaban J connectivity index is 1.89. The first-order chi connectivity index (χ1) is 19.0. The lowest BCUT2D eigenvalue weighted by atomic mass is 9.87. The van der Waals surface area contributed by atoms with E-state index in [2.05, 4.69) is 48.7 Å². The van der Waals surface area contributed by atoms with Crippen molar-refractivity contribution in [2.24, 2.45) is 5.92 Å².